The predicted octanol–water partition coefficient (Wildman–Crippen LogP) is 2.15. The van der Waals surface area contributed by atoms with Crippen molar-refractivity contribution in [3.8, 4) is 0 Å². The van der Waals surface area contributed by atoms with E-state index < -0.39 is 0 Å². The number of methoxy groups -OCH3 is 1. The molecule has 1 atom stereocenters. The van der Waals surface area contributed by atoms with Crippen molar-refractivity contribution in [2.24, 2.45) is 0 Å². The molecule has 1 aromatic rings. The molecule has 2 rings (SSSR count). The molecule has 0 saturated carbocycles. The van der Waals surface area contributed by atoms with Gasteiger partial charge in [-0.15, -0.1) is 24.8 Å². The third-order valence-corrected chi connectivity index (χ3v) is 3.54. The molecule has 0 aromatic heterocycles. The Morgan fingerprint density at radius 2 is 2.00 bits per heavy atom. The molecule has 0 spiro atoms. The second-order valence-corrected chi connectivity index (χ2v) is 5.09. The van der Waals surface area contributed by atoms with E-state index in [4.69, 9.17) is 0 Å². The fourth-order valence-electron chi connectivity index (χ4n) is 2.43. The summed E-state index contributed by atoms with van der Waals surface area (Å²) in [5, 5.41) is 3.44. The van der Waals surface area contributed by atoms with Crippen LogP contribution in [0.25, 0.3) is 0 Å². The van der Waals surface area contributed by atoms with Crippen LogP contribution in [-0.2, 0) is 11.2 Å². The van der Waals surface area contributed by atoms with Gasteiger partial charge in [-0.3, -0.25) is 0 Å². The first-order valence-corrected chi connectivity index (χ1v) is 6.82. The number of halogens is 2. The maximum Gasteiger partial charge on any atom is 0.337 e. The molecule has 120 valence electrons. The van der Waals surface area contributed by atoms with Gasteiger partial charge >= 0.3 is 5.97 Å². The number of hydrogen-bond acceptors (Lipinski definition) is 4. The summed E-state index contributed by atoms with van der Waals surface area (Å²) in [5.74, 6) is -0.275. The second-order valence-electron chi connectivity index (χ2n) is 5.09. The van der Waals surface area contributed by atoms with Crippen LogP contribution in [-0.4, -0.2) is 50.2 Å². The molecule has 1 aromatic carbocycles. The Hall–Kier alpha value is -0.810. The summed E-state index contributed by atoms with van der Waals surface area (Å²) in [5.41, 5.74) is 1.88. The summed E-state index contributed by atoms with van der Waals surface area (Å²) in [4.78, 5) is 13.8. The first-order chi connectivity index (χ1) is 9.19. The van der Waals surface area contributed by atoms with E-state index in [-0.39, 0.29) is 30.8 Å². The van der Waals surface area contributed by atoms with Gasteiger partial charge in [-0.2, -0.15) is 0 Å². The molecule has 1 aliphatic heterocycles. The third kappa shape index (κ3) is 6.22. The van der Waals surface area contributed by atoms with Crippen molar-refractivity contribution < 1.29 is 9.53 Å². The Kier molecular flexibility index (Phi) is 9.62. The fraction of sp³-hybridized carbons (Fsp3) is 0.533. The van der Waals surface area contributed by atoms with E-state index in [0.717, 1.165) is 32.6 Å². The van der Waals surface area contributed by atoms with Gasteiger partial charge < -0.3 is 15.0 Å². The van der Waals surface area contributed by atoms with Gasteiger partial charge in [0.05, 0.1) is 12.7 Å². The van der Waals surface area contributed by atoms with Gasteiger partial charge in [0, 0.05) is 32.2 Å². The SMILES string of the molecule is COC(=O)c1ccc(CCN2CCNC(C)C2)cc1.Cl.Cl. The summed E-state index contributed by atoms with van der Waals surface area (Å²) in [7, 11) is 1.40. The predicted molar refractivity (Wildman–Crippen MR) is 89.9 cm³/mol. The van der Waals surface area contributed by atoms with E-state index in [9.17, 15) is 4.79 Å². The van der Waals surface area contributed by atoms with E-state index in [1.54, 1.807) is 0 Å². The number of nitrogens with one attached hydrogen (secondary N) is 1. The highest BCUT2D eigenvalue weighted by molar-refractivity contribution is 5.89. The zero-order valence-electron chi connectivity index (χ0n) is 12.5. The molecule has 1 N–H and O–H groups in total. The molecule has 1 unspecified atom stereocenters. The smallest absolute Gasteiger partial charge is 0.337 e. The van der Waals surface area contributed by atoms with E-state index in [1.807, 2.05) is 24.3 Å². The molecule has 0 radical (unpaired) electrons. The van der Waals surface area contributed by atoms with Crippen LogP contribution in [0.2, 0.25) is 0 Å². The second kappa shape index (κ2) is 10.0. The zero-order valence-corrected chi connectivity index (χ0v) is 14.1. The van der Waals surface area contributed by atoms with Gasteiger partial charge in [0.2, 0.25) is 0 Å². The molecule has 0 aliphatic carbocycles. The quantitative estimate of drug-likeness (QED) is 0.856. The largest absolute Gasteiger partial charge is 0.465 e. The van der Waals surface area contributed by atoms with Crippen molar-refractivity contribution in [3.05, 3.63) is 35.4 Å². The summed E-state index contributed by atoms with van der Waals surface area (Å²) in [6, 6.07) is 8.27. The molecular formula is C15H24Cl2N2O2. The lowest BCUT2D eigenvalue weighted by molar-refractivity contribution is 0.0600. The van der Waals surface area contributed by atoms with Crippen molar-refractivity contribution in [3.63, 3.8) is 0 Å². The first kappa shape index (κ1) is 20.2. The summed E-state index contributed by atoms with van der Waals surface area (Å²) in [6.45, 7) is 6.59. The van der Waals surface area contributed by atoms with E-state index in [1.165, 1.54) is 12.7 Å². The molecule has 1 saturated heterocycles. The lowest BCUT2D eigenvalue weighted by atomic mass is 10.1. The molecule has 6 heteroatoms. The molecule has 1 aliphatic rings. The molecular weight excluding hydrogens is 311 g/mol. The van der Waals surface area contributed by atoms with Gasteiger partial charge in [-0.25, -0.2) is 4.79 Å². The van der Waals surface area contributed by atoms with Crippen LogP contribution in [0.3, 0.4) is 0 Å². The average Bonchev–Trinajstić information content (AvgIpc) is 2.45. The van der Waals surface area contributed by atoms with Crippen molar-refractivity contribution in [1.82, 2.24) is 10.2 Å². The van der Waals surface area contributed by atoms with Crippen LogP contribution in [0.4, 0.5) is 0 Å². The number of benzene rings is 1. The van der Waals surface area contributed by atoms with Crippen molar-refractivity contribution in [2.45, 2.75) is 19.4 Å². The monoisotopic (exact) mass is 334 g/mol. The van der Waals surface area contributed by atoms with Gasteiger partial charge in [-0.05, 0) is 31.0 Å². The van der Waals surface area contributed by atoms with Crippen LogP contribution in [0, 0.1) is 0 Å². The fourth-order valence-corrected chi connectivity index (χ4v) is 2.43. The van der Waals surface area contributed by atoms with Gasteiger partial charge in [0.1, 0.15) is 0 Å². The lowest BCUT2D eigenvalue weighted by Crippen LogP contribution is -2.49. The Morgan fingerprint density at radius 1 is 1.33 bits per heavy atom. The minimum absolute atomic E-state index is 0. The highest BCUT2D eigenvalue weighted by atomic mass is 35.5. The summed E-state index contributed by atoms with van der Waals surface area (Å²) in [6.07, 6.45) is 1.02. The van der Waals surface area contributed by atoms with Crippen LogP contribution in [0.1, 0.15) is 22.8 Å². The number of nitrogens with zero attached hydrogens (tertiary/aromatic N) is 1. The number of hydrogen-bond donors (Lipinski definition) is 1. The molecule has 0 amide bonds. The first-order valence-electron chi connectivity index (χ1n) is 6.82. The highest BCUT2D eigenvalue weighted by Gasteiger charge is 2.14. The third-order valence-electron chi connectivity index (χ3n) is 3.54. The molecule has 1 heterocycles. The van der Waals surface area contributed by atoms with Crippen molar-refractivity contribution in [1.29, 1.82) is 0 Å². The van der Waals surface area contributed by atoms with Gasteiger partial charge in [0.15, 0.2) is 0 Å². The van der Waals surface area contributed by atoms with Crippen molar-refractivity contribution >= 4 is 30.8 Å². The number of esters is 1. The Morgan fingerprint density at radius 3 is 2.57 bits per heavy atom. The van der Waals surface area contributed by atoms with Crippen LogP contribution < -0.4 is 5.32 Å². The minimum Gasteiger partial charge on any atom is -0.465 e. The Labute approximate surface area is 139 Å². The molecule has 21 heavy (non-hydrogen) atoms. The van der Waals surface area contributed by atoms with Gasteiger partial charge in [-0.1, -0.05) is 12.1 Å². The summed E-state index contributed by atoms with van der Waals surface area (Å²) < 4.78 is 4.69. The highest BCUT2D eigenvalue weighted by Crippen LogP contribution is 2.08. The van der Waals surface area contributed by atoms with Crippen molar-refractivity contribution in [2.75, 3.05) is 33.3 Å². The molecule has 0 bridgehead atoms. The number of ether oxygens (including phenoxy) is 1. The van der Waals surface area contributed by atoms with Gasteiger partial charge in [0.25, 0.3) is 0 Å². The number of piperazine rings is 1. The lowest BCUT2D eigenvalue weighted by Gasteiger charge is -2.31. The maximum absolute atomic E-state index is 11.3. The van der Waals surface area contributed by atoms with E-state index in [2.05, 4.69) is 21.9 Å². The summed E-state index contributed by atoms with van der Waals surface area (Å²) >= 11 is 0. The zero-order chi connectivity index (χ0) is 13.7. The normalized spacial score (nSPS) is 18.3. The maximum atomic E-state index is 11.3. The van der Waals surface area contributed by atoms with Crippen LogP contribution in [0.15, 0.2) is 24.3 Å². The number of carbonyl (C=O) groups is 1. The van der Waals surface area contributed by atoms with Crippen LogP contribution in [0.5, 0.6) is 0 Å². The minimum atomic E-state index is -0.275. The Bertz CT molecular complexity index is 426. The van der Waals surface area contributed by atoms with E-state index >= 15 is 0 Å². The van der Waals surface area contributed by atoms with Crippen LogP contribution >= 0.6 is 24.8 Å². The van der Waals surface area contributed by atoms with E-state index in [0.29, 0.717) is 11.6 Å². The molecule has 4 nitrogen and oxygen atoms in total. The average molecular weight is 335 g/mol. The molecule has 1 fully saturated rings. The number of rotatable bonds is 4. The Balaban J connectivity index is 0.00000200. The number of carbonyl (C=O) groups excluding carboxylic acids is 1. The standard InChI is InChI=1S/C15H22N2O2.2ClH/c1-12-11-17(10-8-16-12)9-7-13-3-5-14(6-4-13)15(18)19-2;;/h3-6,12,16H,7-11H2,1-2H3;2*1H. The topological polar surface area (TPSA) is 41.6 Å².